The molecule has 5 nitrogen and oxygen atoms in total. The van der Waals surface area contributed by atoms with E-state index in [0.29, 0.717) is 19.6 Å². The topological polar surface area (TPSA) is 58.6 Å². The average Bonchev–Trinajstić information content (AvgIpc) is 3.18. The van der Waals surface area contributed by atoms with Gasteiger partial charge in [0, 0.05) is 19.0 Å². The fraction of sp³-hybridized carbons (Fsp3) is 0.857. The first-order chi connectivity index (χ1) is 9.47. The molecule has 0 aromatic carbocycles. The molecule has 20 heavy (non-hydrogen) atoms. The number of carbonyl (C=O) groups excluding carboxylic acids is 2. The molecule has 1 N–H and O–H groups in total. The van der Waals surface area contributed by atoms with Gasteiger partial charge in [-0.25, -0.2) is 0 Å². The van der Waals surface area contributed by atoms with Crippen molar-refractivity contribution in [1.29, 1.82) is 0 Å². The van der Waals surface area contributed by atoms with Crippen LogP contribution in [0.25, 0.3) is 0 Å². The fourth-order valence-corrected chi connectivity index (χ4v) is 2.92. The molecule has 0 aromatic rings. The van der Waals surface area contributed by atoms with Crippen molar-refractivity contribution >= 4 is 24.4 Å². The van der Waals surface area contributed by atoms with Crippen LogP contribution in [0.2, 0.25) is 0 Å². The van der Waals surface area contributed by atoms with Crippen LogP contribution in [0.1, 0.15) is 33.1 Å². The van der Waals surface area contributed by atoms with Gasteiger partial charge in [-0.2, -0.15) is 12.6 Å². The lowest BCUT2D eigenvalue weighted by Crippen LogP contribution is -2.57. The normalized spacial score (nSPS) is 24.6. The molecule has 0 aromatic heterocycles. The molecule has 0 bridgehead atoms. The van der Waals surface area contributed by atoms with Gasteiger partial charge < -0.3 is 15.0 Å². The molecule has 0 spiro atoms. The molecule has 1 saturated carbocycles. The molecule has 2 rings (SSSR count). The Balaban J connectivity index is 1.99. The van der Waals surface area contributed by atoms with Crippen molar-refractivity contribution in [2.24, 2.45) is 5.41 Å². The van der Waals surface area contributed by atoms with Crippen LogP contribution in [0.3, 0.4) is 0 Å². The third-order valence-electron chi connectivity index (χ3n) is 4.00. The van der Waals surface area contributed by atoms with Crippen LogP contribution >= 0.6 is 12.6 Å². The Hall–Kier alpha value is -0.750. The van der Waals surface area contributed by atoms with E-state index in [0.717, 1.165) is 18.6 Å². The van der Waals surface area contributed by atoms with Gasteiger partial charge in [-0.15, -0.1) is 0 Å². The van der Waals surface area contributed by atoms with E-state index in [2.05, 4.69) is 17.9 Å². The summed E-state index contributed by atoms with van der Waals surface area (Å²) in [5.41, 5.74) is 0.0809. The van der Waals surface area contributed by atoms with Crippen LogP contribution in [-0.4, -0.2) is 54.3 Å². The summed E-state index contributed by atoms with van der Waals surface area (Å²) < 4.78 is 5.37. The van der Waals surface area contributed by atoms with Crippen LogP contribution in [0, 0.1) is 5.41 Å². The number of hydrogen-bond acceptors (Lipinski definition) is 4. The lowest BCUT2D eigenvalue weighted by atomic mass is 10.0. The van der Waals surface area contributed by atoms with E-state index < -0.39 is 6.04 Å². The molecule has 1 unspecified atom stereocenters. The summed E-state index contributed by atoms with van der Waals surface area (Å²) in [5.74, 6) is 0.680. The molecule has 1 aliphatic heterocycles. The SMILES string of the molecule is CC(C)NC(=O)C1COCCN1C(=O)CC1(CS)CC1. The number of rotatable bonds is 5. The molecule has 1 aliphatic carbocycles. The highest BCUT2D eigenvalue weighted by molar-refractivity contribution is 7.80. The first-order valence-corrected chi connectivity index (χ1v) is 7.89. The Morgan fingerprint density at radius 2 is 2.15 bits per heavy atom. The van der Waals surface area contributed by atoms with Crippen LogP contribution in [0.5, 0.6) is 0 Å². The second-order valence-corrected chi connectivity index (χ2v) is 6.49. The second kappa shape index (κ2) is 6.35. The van der Waals surface area contributed by atoms with Crippen molar-refractivity contribution in [2.75, 3.05) is 25.5 Å². The van der Waals surface area contributed by atoms with Gasteiger partial charge in [0.25, 0.3) is 0 Å². The number of carbonyl (C=O) groups is 2. The predicted molar refractivity (Wildman–Crippen MR) is 79.7 cm³/mol. The summed E-state index contributed by atoms with van der Waals surface area (Å²) in [7, 11) is 0. The highest BCUT2D eigenvalue weighted by atomic mass is 32.1. The van der Waals surface area contributed by atoms with E-state index in [4.69, 9.17) is 4.74 Å². The fourth-order valence-electron chi connectivity index (χ4n) is 2.49. The van der Waals surface area contributed by atoms with Crippen LogP contribution in [0.4, 0.5) is 0 Å². The van der Waals surface area contributed by atoms with Gasteiger partial charge in [-0.3, -0.25) is 9.59 Å². The number of nitrogens with zero attached hydrogens (tertiary/aromatic N) is 1. The first kappa shape index (κ1) is 15.6. The Morgan fingerprint density at radius 3 is 2.70 bits per heavy atom. The largest absolute Gasteiger partial charge is 0.377 e. The Kier molecular flexibility index (Phi) is 4.96. The minimum Gasteiger partial charge on any atom is -0.377 e. The van der Waals surface area contributed by atoms with Gasteiger partial charge in [-0.05, 0) is 37.9 Å². The Morgan fingerprint density at radius 1 is 1.45 bits per heavy atom. The zero-order valence-corrected chi connectivity index (χ0v) is 13.1. The van der Waals surface area contributed by atoms with E-state index in [1.807, 2.05) is 13.8 Å². The second-order valence-electron chi connectivity index (χ2n) is 6.18. The minimum absolute atomic E-state index is 0.0590. The van der Waals surface area contributed by atoms with Gasteiger partial charge in [0.2, 0.25) is 11.8 Å². The molecule has 114 valence electrons. The molecule has 2 fully saturated rings. The highest BCUT2D eigenvalue weighted by Gasteiger charge is 2.45. The first-order valence-electron chi connectivity index (χ1n) is 7.26. The molecular formula is C14H24N2O3S. The van der Waals surface area contributed by atoms with Crippen molar-refractivity contribution in [2.45, 2.75) is 45.2 Å². The van der Waals surface area contributed by atoms with Crippen molar-refractivity contribution < 1.29 is 14.3 Å². The zero-order chi connectivity index (χ0) is 14.8. The van der Waals surface area contributed by atoms with Gasteiger partial charge in [-0.1, -0.05) is 0 Å². The molecule has 1 heterocycles. The molecule has 1 saturated heterocycles. The number of nitrogens with one attached hydrogen (secondary N) is 1. The highest BCUT2D eigenvalue weighted by Crippen LogP contribution is 2.49. The van der Waals surface area contributed by atoms with Gasteiger partial charge in [0.05, 0.1) is 13.2 Å². The van der Waals surface area contributed by atoms with Gasteiger partial charge >= 0.3 is 0 Å². The number of ether oxygens (including phenoxy) is 1. The third-order valence-corrected chi connectivity index (χ3v) is 4.67. The van der Waals surface area contributed by atoms with E-state index >= 15 is 0 Å². The van der Waals surface area contributed by atoms with Crippen molar-refractivity contribution in [1.82, 2.24) is 10.2 Å². The average molecular weight is 300 g/mol. The van der Waals surface area contributed by atoms with Gasteiger partial charge in [0.15, 0.2) is 0 Å². The minimum atomic E-state index is -0.491. The maximum absolute atomic E-state index is 12.5. The van der Waals surface area contributed by atoms with Crippen molar-refractivity contribution in [3.05, 3.63) is 0 Å². The maximum Gasteiger partial charge on any atom is 0.245 e. The van der Waals surface area contributed by atoms with Crippen LogP contribution in [0.15, 0.2) is 0 Å². The quantitative estimate of drug-likeness (QED) is 0.740. The van der Waals surface area contributed by atoms with E-state index in [9.17, 15) is 9.59 Å². The Labute approximate surface area is 125 Å². The molecule has 1 atom stereocenters. The summed E-state index contributed by atoms with van der Waals surface area (Å²) in [4.78, 5) is 26.3. The number of hydrogen-bond donors (Lipinski definition) is 2. The van der Waals surface area contributed by atoms with Gasteiger partial charge in [0.1, 0.15) is 6.04 Å². The van der Waals surface area contributed by atoms with Crippen LogP contribution in [-0.2, 0) is 14.3 Å². The Bertz CT molecular complexity index is 383. The standard InChI is InChI=1S/C14H24N2O3S/c1-10(2)15-13(18)11-8-19-6-5-16(11)12(17)7-14(9-20)3-4-14/h10-11,20H,3-9H2,1-2H3,(H,15,18). The lowest BCUT2D eigenvalue weighted by molar-refractivity contribution is -0.149. The summed E-state index contributed by atoms with van der Waals surface area (Å²) >= 11 is 4.34. The number of amides is 2. The van der Waals surface area contributed by atoms with E-state index in [1.54, 1.807) is 4.90 Å². The smallest absolute Gasteiger partial charge is 0.245 e. The molecule has 6 heteroatoms. The summed E-state index contributed by atoms with van der Waals surface area (Å²) in [5, 5.41) is 2.86. The van der Waals surface area contributed by atoms with E-state index in [-0.39, 0.29) is 29.9 Å². The lowest BCUT2D eigenvalue weighted by Gasteiger charge is -2.35. The molecular weight excluding hydrogens is 276 g/mol. The van der Waals surface area contributed by atoms with E-state index in [1.165, 1.54) is 0 Å². The third kappa shape index (κ3) is 3.67. The summed E-state index contributed by atoms with van der Waals surface area (Å²) in [6.45, 7) is 5.11. The summed E-state index contributed by atoms with van der Waals surface area (Å²) in [6.07, 6.45) is 2.63. The monoisotopic (exact) mass is 300 g/mol. The van der Waals surface area contributed by atoms with Crippen LogP contribution < -0.4 is 5.32 Å². The van der Waals surface area contributed by atoms with Crippen molar-refractivity contribution in [3.8, 4) is 0 Å². The van der Waals surface area contributed by atoms with Crippen molar-refractivity contribution in [3.63, 3.8) is 0 Å². The predicted octanol–water partition coefficient (Wildman–Crippen LogP) is 0.838. The molecule has 2 aliphatic rings. The molecule has 2 amide bonds. The number of thiol groups is 1. The number of morpholine rings is 1. The summed E-state index contributed by atoms with van der Waals surface area (Å²) in [6, 6.07) is -0.428. The maximum atomic E-state index is 12.5. The molecule has 0 radical (unpaired) electrons. The zero-order valence-electron chi connectivity index (χ0n) is 12.2.